The normalized spacial score (nSPS) is 26.8. The van der Waals surface area contributed by atoms with Crippen molar-refractivity contribution < 1.29 is 9.84 Å². The molecule has 0 aromatic carbocycles. The van der Waals surface area contributed by atoms with Gasteiger partial charge in [-0.25, -0.2) is 9.97 Å². The zero-order valence-electron chi connectivity index (χ0n) is 12.6. The number of anilines is 2. The van der Waals surface area contributed by atoms with Crippen molar-refractivity contribution >= 4 is 11.6 Å². The van der Waals surface area contributed by atoms with Crippen LogP contribution in [0.3, 0.4) is 0 Å². The van der Waals surface area contributed by atoms with Gasteiger partial charge in [0, 0.05) is 31.1 Å². The average molecular weight is 280 g/mol. The number of aliphatic hydroxyl groups is 1. The van der Waals surface area contributed by atoms with Crippen LogP contribution in [0, 0.1) is 0 Å². The lowest BCUT2D eigenvalue weighted by Crippen LogP contribution is -2.43. The van der Waals surface area contributed by atoms with Crippen molar-refractivity contribution in [3.05, 3.63) is 11.9 Å². The molecular formula is C14H24N4O2. The summed E-state index contributed by atoms with van der Waals surface area (Å²) >= 11 is 0. The Bertz CT molecular complexity index is 487. The predicted molar refractivity (Wildman–Crippen MR) is 78.6 cm³/mol. The highest BCUT2D eigenvalue weighted by Gasteiger charge is 2.39. The molecule has 1 fully saturated rings. The van der Waals surface area contributed by atoms with Crippen LogP contribution in [-0.4, -0.2) is 39.9 Å². The van der Waals surface area contributed by atoms with Gasteiger partial charge in [0.15, 0.2) is 0 Å². The molecule has 0 bridgehead atoms. The summed E-state index contributed by atoms with van der Waals surface area (Å²) in [6.07, 6.45) is 0.435. The minimum atomic E-state index is -0.860. The summed E-state index contributed by atoms with van der Waals surface area (Å²) in [5, 5.41) is 13.6. The second kappa shape index (κ2) is 5.18. The minimum Gasteiger partial charge on any atom is -0.385 e. The molecule has 2 heterocycles. The largest absolute Gasteiger partial charge is 0.385 e. The van der Waals surface area contributed by atoms with E-state index in [1.807, 2.05) is 27.7 Å². The Labute approximate surface area is 119 Å². The maximum Gasteiger partial charge on any atom is 0.138 e. The van der Waals surface area contributed by atoms with E-state index in [9.17, 15) is 5.11 Å². The molecule has 1 saturated heterocycles. The van der Waals surface area contributed by atoms with E-state index in [1.54, 1.807) is 6.07 Å². The first-order valence-electron chi connectivity index (χ1n) is 6.94. The van der Waals surface area contributed by atoms with Crippen LogP contribution in [0.5, 0.6) is 0 Å². The van der Waals surface area contributed by atoms with Crippen LogP contribution in [0.1, 0.15) is 39.9 Å². The predicted octanol–water partition coefficient (Wildman–Crippen LogP) is 1.31. The molecule has 2 rings (SSSR count). The standard InChI is InChI=1S/C14H24N4O2/c1-9-14(19,5-6-20-9)8-16-11-7-10(15)17-12(18-11)13(2,3)4/h7,9,19H,5-6,8H2,1-4H3,(H3,15,16,17,18). The Balaban J connectivity index is 2.12. The summed E-state index contributed by atoms with van der Waals surface area (Å²) < 4.78 is 5.41. The molecule has 20 heavy (non-hydrogen) atoms. The van der Waals surface area contributed by atoms with Gasteiger partial charge in [-0.05, 0) is 6.92 Å². The third-order valence-corrected chi connectivity index (χ3v) is 3.65. The van der Waals surface area contributed by atoms with Gasteiger partial charge in [0.1, 0.15) is 23.1 Å². The van der Waals surface area contributed by atoms with E-state index < -0.39 is 5.60 Å². The van der Waals surface area contributed by atoms with E-state index in [1.165, 1.54) is 0 Å². The molecule has 0 amide bonds. The van der Waals surface area contributed by atoms with Crippen molar-refractivity contribution in [3.8, 4) is 0 Å². The maximum absolute atomic E-state index is 10.5. The molecule has 1 aliphatic rings. The minimum absolute atomic E-state index is 0.174. The van der Waals surface area contributed by atoms with E-state index in [0.29, 0.717) is 37.0 Å². The van der Waals surface area contributed by atoms with E-state index >= 15 is 0 Å². The summed E-state index contributed by atoms with van der Waals surface area (Å²) in [5.41, 5.74) is 4.79. The monoisotopic (exact) mass is 280 g/mol. The second-order valence-electron chi connectivity index (χ2n) is 6.47. The van der Waals surface area contributed by atoms with Gasteiger partial charge in [0.2, 0.25) is 0 Å². The molecule has 1 aromatic heterocycles. The highest BCUT2D eigenvalue weighted by Crippen LogP contribution is 2.26. The fraction of sp³-hybridized carbons (Fsp3) is 0.714. The van der Waals surface area contributed by atoms with Crippen LogP contribution in [0.2, 0.25) is 0 Å². The number of nitrogens with one attached hydrogen (secondary N) is 1. The SMILES string of the molecule is CC1OCCC1(O)CNc1cc(N)nc(C(C)(C)C)n1. The van der Waals surface area contributed by atoms with Gasteiger partial charge in [-0.3, -0.25) is 0 Å². The lowest BCUT2D eigenvalue weighted by atomic mass is 9.95. The average Bonchev–Trinajstić information content (AvgIpc) is 2.66. The molecule has 0 saturated carbocycles. The lowest BCUT2D eigenvalue weighted by Gasteiger charge is -2.26. The van der Waals surface area contributed by atoms with E-state index in [-0.39, 0.29) is 11.5 Å². The van der Waals surface area contributed by atoms with Crippen LogP contribution >= 0.6 is 0 Å². The Morgan fingerprint density at radius 1 is 1.50 bits per heavy atom. The van der Waals surface area contributed by atoms with Crippen molar-refractivity contribution in [2.75, 3.05) is 24.2 Å². The number of aromatic nitrogens is 2. The topological polar surface area (TPSA) is 93.3 Å². The molecule has 0 aliphatic carbocycles. The van der Waals surface area contributed by atoms with Crippen molar-refractivity contribution in [2.24, 2.45) is 0 Å². The fourth-order valence-corrected chi connectivity index (χ4v) is 2.14. The Morgan fingerprint density at radius 3 is 2.75 bits per heavy atom. The van der Waals surface area contributed by atoms with Gasteiger partial charge in [-0.2, -0.15) is 0 Å². The first-order chi connectivity index (χ1) is 9.21. The fourth-order valence-electron chi connectivity index (χ4n) is 2.14. The summed E-state index contributed by atoms with van der Waals surface area (Å²) in [6, 6.07) is 1.68. The van der Waals surface area contributed by atoms with Crippen LogP contribution < -0.4 is 11.1 Å². The molecule has 1 aromatic rings. The molecule has 2 unspecified atom stereocenters. The van der Waals surface area contributed by atoms with Crippen molar-refractivity contribution in [3.63, 3.8) is 0 Å². The zero-order valence-corrected chi connectivity index (χ0v) is 12.6. The third-order valence-electron chi connectivity index (χ3n) is 3.65. The van der Waals surface area contributed by atoms with Crippen molar-refractivity contribution in [2.45, 2.75) is 51.2 Å². The van der Waals surface area contributed by atoms with Crippen LogP contribution in [-0.2, 0) is 10.2 Å². The summed E-state index contributed by atoms with van der Waals surface area (Å²) in [6.45, 7) is 8.94. The van der Waals surface area contributed by atoms with Gasteiger partial charge in [0.05, 0.1) is 6.10 Å². The second-order valence-corrected chi connectivity index (χ2v) is 6.47. The summed E-state index contributed by atoms with van der Waals surface area (Å²) in [7, 11) is 0. The quantitative estimate of drug-likeness (QED) is 0.773. The zero-order chi connectivity index (χ0) is 15.0. The van der Waals surface area contributed by atoms with Crippen LogP contribution in [0.4, 0.5) is 11.6 Å². The highest BCUT2D eigenvalue weighted by atomic mass is 16.5. The van der Waals surface area contributed by atoms with E-state index in [4.69, 9.17) is 10.5 Å². The van der Waals surface area contributed by atoms with Crippen LogP contribution in [0.15, 0.2) is 6.07 Å². The van der Waals surface area contributed by atoms with Gasteiger partial charge < -0.3 is 20.9 Å². The highest BCUT2D eigenvalue weighted by molar-refractivity contribution is 5.45. The molecular weight excluding hydrogens is 256 g/mol. The van der Waals surface area contributed by atoms with Crippen molar-refractivity contribution in [1.29, 1.82) is 0 Å². The first-order valence-corrected chi connectivity index (χ1v) is 6.94. The summed E-state index contributed by atoms with van der Waals surface area (Å²) in [5.74, 6) is 1.74. The number of rotatable bonds is 3. The number of ether oxygens (including phenoxy) is 1. The molecule has 0 radical (unpaired) electrons. The maximum atomic E-state index is 10.5. The Hall–Kier alpha value is -1.40. The van der Waals surface area contributed by atoms with Crippen LogP contribution in [0.25, 0.3) is 0 Å². The van der Waals surface area contributed by atoms with Gasteiger partial charge in [0.25, 0.3) is 0 Å². The smallest absolute Gasteiger partial charge is 0.138 e. The molecule has 6 heteroatoms. The number of hydrogen-bond donors (Lipinski definition) is 3. The summed E-state index contributed by atoms with van der Waals surface area (Å²) in [4.78, 5) is 8.72. The number of nitrogen functional groups attached to an aromatic ring is 1. The number of nitrogens with two attached hydrogens (primary N) is 1. The molecule has 112 valence electrons. The number of hydrogen-bond acceptors (Lipinski definition) is 6. The number of nitrogens with zero attached hydrogens (tertiary/aromatic N) is 2. The van der Waals surface area contributed by atoms with E-state index in [0.717, 1.165) is 0 Å². The van der Waals surface area contributed by atoms with Gasteiger partial charge in [-0.1, -0.05) is 20.8 Å². The van der Waals surface area contributed by atoms with Crippen molar-refractivity contribution in [1.82, 2.24) is 9.97 Å². The molecule has 4 N–H and O–H groups in total. The molecule has 2 atom stereocenters. The Kier molecular flexibility index (Phi) is 3.88. The Morgan fingerprint density at radius 2 is 2.20 bits per heavy atom. The molecule has 6 nitrogen and oxygen atoms in total. The van der Waals surface area contributed by atoms with E-state index in [2.05, 4.69) is 15.3 Å². The third kappa shape index (κ3) is 3.19. The molecule has 1 aliphatic heterocycles. The van der Waals surface area contributed by atoms with Gasteiger partial charge >= 0.3 is 0 Å². The lowest BCUT2D eigenvalue weighted by molar-refractivity contribution is -0.0176. The first kappa shape index (κ1) is 15.0. The van der Waals surface area contributed by atoms with Gasteiger partial charge in [-0.15, -0.1) is 0 Å². The molecule has 0 spiro atoms.